The lowest BCUT2D eigenvalue weighted by Gasteiger charge is -2.10. The van der Waals surface area contributed by atoms with Crippen molar-refractivity contribution < 1.29 is 8.42 Å². The topological polar surface area (TPSA) is 84.0 Å². The molecule has 0 spiro atoms. The average molecular weight is 303 g/mol. The fraction of sp³-hybridized carbons (Fsp3) is 0.300. The maximum atomic E-state index is 12.0. The highest BCUT2D eigenvalue weighted by Crippen LogP contribution is 2.26. The number of nitriles is 1. The van der Waals surface area contributed by atoms with Gasteiger partial charge in [-0.2, -0.15) is 5.26 Å². The molecule has 16 heavy (non-hydrogen) atoms. The average Bonchev–Trinajstić information content (AvgIpc) is 2.18. The minimum Gasteiger partial charge on any atom is -0.398 e. The van der Waals surface area contributed by atoms with E-state index in [1.807, 2.05) is 0 Å². The smallest absolute Gasteiger partial charge is 0.196 e. The highest BCUT2D eigenvalue weighted by atomic mass is 79.9. The van der Waals surface area contributed by atoms with Crippen LogP contribution < -0.4 is 5.73 Å². The Morgan fingerprint density at radius 2 is 2.19 bits per heavy atom. The zero-order valence-corrected chi connectivity index (χ0v) is 11.0. The summed E-state index contributed by atoms with van der Waals surface area (Å²) >= 11 is 3.19. The minimum atomic E-state index is -3.66. The quantitative estimate of drug-likeness (QED) is 0.867. The molecule has 0 saturated carbocycles. The number of benzene rings is 1. The Morgan fingerprint density at radius 1 is 1.56 bits per heavy atom. The lowest BCUT2D eigenvalue weighted by Crippen LogP contribution is -2.19. The molecule has 2 N–H and O–H groups in total. The molecule has 1 atom stereocenters. The van der Waals surface area contributed by atoms with Crippen molar-refractivity contribution in [2.75, 3.05) is 5.73 Å². The molecule has 0 radical (unpaired) electrons. The van der Waals surface area contributed by atoms with Crippen molar-refractivity contribution >= 4 is 31.5 Å². The number of sulfone groups is 1. The van der Waals surface area contributed by atoms with E-state index in [4.69, 9.17) is 11.0 Å². The van der Waals surface area contributed by atoms with Crippen LogP contribution in [0.25, 0.3) is 0 Å². The zero-order chi connectivity index (χ0) is 12.3. The molecule has 6 heteroatoms. The van der Waals surface area contributed by atoms with Crippen molar-refractivity contribution in [3.8, 4) is 6.07 Å². The summed E-state index contributed by atoms with van der Waals surface area (Å²) in [6.45, 7) is 1.65. The number of rotatable bonds is 3. The Morgan fingerprint density at radius 3 is 2.62 bits per heavy atom. The predicted octanol–water partition coefficient (Wildman–Crippen LogP) is 2.11. The molecule has 0 heterocycles. The van der Waals surface area contributed by atoms with E-state index in [1.165, 1.54) is 12.1 Å². The molecule has 1 unspecified atom stereocenters. The second kappa shape index (κ2) is 4.85. The summed E-state index contributed by atoms with van der Waals surface area (Å²) in [5.41, 5.74) is 5.79. The molecule has 0 aliphatic rings. The highest BCUT2D eigenvalue weighted by molar-refractivity contribution is 9.10. The lowest BCUT2D eigenvalue weighted by molar-refractivity contribution is 0.588. The molecule has 1 aromatic rings. The van der Waals surface area contributed by atoms with Crippen LogP contribution in [0.1, 0.15) is 13.3 Å². The molecule has 0 aromatic heterocycles. The van der Waals surface area contributed by atoms with Crippen LogP contribution in [0.15, 0.2) is 27.6 Å². The third-order valence-corrected chi connectivity index (χ3v) is 4.83. The second-order valence-corrected chi connectivity index (χ2v) is 6.27. The summed E-state index contributed by atoms with van der Waals surface area (Å²) in [5.74, 6) is 0. The molecule has 0 bridgehead atoms. The van der Waals surface area contributed by atoms with Gasteiger partial charge in [0.1, 0.15) is 0 Å². The number of nitrogens with two attached hydrogens (primary N) is 1. The van der Waals surface area contributed by atoms with Gasteiger partial charge < -0.3 is 5.73 Å². The summed E-state index contributed by atoms with van der Waals surface area (Å²) < 4.78 is 24.7. The lowest BCUT2D eigenvalue weighted by atomic mass is 10.3. The zero-order valence-electron chi connectivity index (χ0n) is 8.64. The Kier molecular flexibility index (Phi) is 3.94. The Labute approximate surface area is 103 Å². The van der Waals surface area contributed by atoms with Gasteiger partial charge in [-0.1, -0.05) is 22.9 Å². The largest absolute Gasteiger partial charge is 0.398 e. The minimum absolute atomic E-state index is 0.0177. The summed E-state index contributed by atoms with van der Waals surface area (Å²) in [4.78, 5) is 0.0177. The number of hydrogen-bond acceptors (Lipinski definition) is 4. The van der Waals surface area contributed by atoms with Crippen molar-refractivity contribution in [3.05, 3.63) is 22.7 Å². The SMILES string of the molecule is CCC(C#N)S(=O)(=O)c1ccc(Br)cc1N. The molecule has 4 nitrogen and oxygen atoms in total. The van der Waals surface area contributed by atoms with Gasteiger partial charge in [0.2, 0.25) is 0 Å². The number of hydrogen-bond donors (Lipinski definition) is 1. The first-order valence-corrected chi connectivity index (χ1v) is 6.96. The Hall–Kier alpha value is -1.06. The van der Waals surface area contributed by atoms with Gasteiger partial charge in [0.25, 0.3) is 0 Å². The van der Waals surface area contributed by atoms with Crippen LogP contribution in [0.4, 0.5) is 5.69 Å². The van der Waals surface area contributed by atoms with E-state index in [0.29, 0.717) is 4.47 Å². The van der Waals surface area contributed by atoms with Gasteiger partial charge in [0, 0.05) is 4.47 Å². The summed E-state index contributed by atoms with van der Waals surface area (Å²) in [5, 5.41) is 7.74. The fourth-order valence-electron chi connectivity index (χ4n) is 1.31. The van der Waals surface area contributed by atoms with Gasteiger partial charge in [-0.3, -0.25) is 0 Å². The number of halogens is 1. The van der Waals surface area contributed by atoms with E-state index in [-0.39, 0.29) is 17.0 Å². The third kappa shape index (κ3) is 2.36. The summed E-state index contributed by atoms with van der Waals surface area (Å²) in [7, 11) is -3.66. The van der Waals surface area contributed by atoms with Gasteiger partial charge >= 0.3 is 0 Å². The van der Waals surface area contributed by atoms with Crippen molar-refractivity contribution in [1.82, 2.24) is 0 Å². The fourth-order valence-corrected chi connectivity index (χ4v) is 3.22. The van der Waals surface area contributed by atoms with E-state index < -0.39 is 15.1 Å². The maximum Gasteiger partial charge on any atom is 0.196 e. The van der Waals surface area contributed by atoms with Gasteiger partial charge in [0.05, 0.1) is 16.7 Å². The Balaban J connectivity index is 3.34. The molecule has 0 aliphatic heterocycles. The van der Waals surface area contributed by atoms with Crippen molar-refractivity contribution in [1.29, 1.82) is 5.26 Å². The molecular weight excluding hydrogens is 292 g/mol. The van der Waals surface area contributed by atoms with Gasteiger partial charge in [-0.25, -0.2) is 8.42 Å². The molecular formula is C10H11BrN2O2S. The monoisotopic (exact) mass is 302 g/mol. The predicted molar refractivity (Wildman–Crippen MR) is 65.4 cm³/mol. The Bertz CT molecular complexity index is 534. The van der Waals surface area contributed by atoms with Crippen LogP contribution in [0, 0.1) is 11.3 Å². The third-order valence-electron chi connectivity index (χ3n) is 2.17. The first kappa shape index (κ1) is 13.0. The van der Waals surface area contributed by atoms with Crippen LogP contribution in [-0.4, -0.2) is 13.7 Å². The first-order valence-electron chi connectivity index (χ1n) is 4.62. The molecule has 0 fully saturated rings. The summed E-state index contributed by atoms with van der Waals surface area (Å²) in [6.07, 6.45) is 0.244. The molecule has 1 rings (SSSR count). The second-order valence-electron chi connectivity index (χ2n) is 3.25. The van der Waals surface area contributed by atoms with Crippen LogP contribution >= 0.6 is 15.9 Å². The highest BCUT2D eigenvalue weighted by Gasteiger charge is 2.27. The van der Waals surface area contributed by atoms with E-state index in [1.54, 1.807) is 19.1 Å². The molecule has 1 aromatic carbocycles. The number of anilines is 1. The van der Waals surface area contributed by atoms with Gasteiger partial charge in [0.15, 0.2) is 15.1 Å². The molecule has 86 valence electrons. The van der Waals surface area contributed by atoms with Gasteiger partial charge in [-0.15, -0.1) is 0 Å². The van der Waals surface area contributed by atoms with Crippen LogP contribution in [0.3, 0.4) is 0 Å². The van der Waals surface area contributed by atoms with E-state index in [2.05, 4.69) is 15.9 Å². The maximum absolute atomic E-state index is 12.0. The normalized spacial score (nSPS) is 13.1. The van der Waals surface area contributed by atoms with Gasteiger partial charge in [-0.05, 0) is 24.6 Å². The number of nitrogens with zero attached hydrogens (tertiary/aromatic N) is 1. The van der Waals surface area contributed by atoms with E-state index in [9.17, 15) is 8.42 Å². The van der Waals surface area contributed by atoms with Crippen molar-refractivity contribution in [2.45, 2.75) is 23.5 Å². The van der Waals surface area contributed by atoms with Crippen LogP contribution in [-0.2, 0) is 9.84 Å². The van der Waals surface area contributed by atoms with E-state index >= 15 is 0 Å². The first-order chi connectivity index (χ1) is 7.43. The standard InChI is InChI=1S/C10H11BrN2O2S/c1-2-8(6-12)16(14,15)10-4-3-7(11)5-9(10)13/h3-5,8H,2,13H2,1H3. The summed E-state index contributed by atoms with van der Waals surface area (Å²) in [6, 6.07) is 6.29. The molecule has 0 amide bonds. The van der Waals surface area contributed by atoms with Crippen LogP contribution in [0.5, 0.6) is 0 Å². The number of nitrogen functional groups attached to an aromatic ring is 1. The van der Waals surface area contributed by atoms with Crippen molar-refractivity contribution in [2.24, 2.45) is 0 Å². The van der Waals surface area contributed by atoms with Crippen molar-refractivity contribution in [3.63, 3.8) is 0 Å². The molecule has 0 aliphatic carbocycles. The van der Waals surface area contributed by atoms with Crippen LogP contribution in [0.2, 0.25) is 0 Å². The van der Waals surface area contributed by atoms with E-state index in [0.717, 1.165) is 0 Å². The molecule has 0 saturated heterocycles.